The van der Waals surface area contributed by atoms with E-state index in [2.05, 4.69) is 5.32 Å². The van der Waals surface area contributed by atoms with Crippen LogP contribution >= 0.6 is 0 Å². The van der Waals surface area contributed by atoms with Gasteiger partial charge in [0.1, 0.15) is 11.5 Å². The molecular formula is C15H25NO4S. The van der Waals surface area contributed by atoms with Gasteiger partial charge in [-0.1, -0.05) is 6.92 Å². The third-order valence-electron chi connectivity index (χ3n) is 3.38. The van der Waals surface area contributed by atoms with E-state index in [9.17, 15) is 8.42 Å². The number of ether oxygens (including phenoxy) is 2. The molecule has 0 heterocycles. The smallest absolute Gasteiger partial charge is 0.151 e. The predicted octanol–water partition coefficient (Wildman–Crippen LogP) is 2.18. The van der Waals surface area contributed by atoms with Crippen molar-refractivity contribution >= 4 is 9.84 Å². The molecule has 0 aliphatic heterocycles. The molecule has 1 aromatic rings. The molecule has 0 radical (unpaired) electrons. The molecule has 0 bridgehead atoms. The maximum Gasteiger partial charge on any atom is 0.151 e. The van der Waals surface area contributed by atoms with Crippen molar-refractivity contribution in [2.75, 3.05) is 25.7 Å². The van der Waals surface area contributed by atoms with Crippen molar-refractivity contribution in [1.82, 2.24) is 5.32 Å². The first-order chi connectivity index (χ1) is 9.82. The molecule has 0 spiro atoms. The van der Waals surface area contributed by atoms with Crippen LogP contribution in [0.25, 0.3) is 0 Å². The molecule has 0 aromatic heterocycles. The largest absolute Gasteiger partial charge is 0.497 e. The molecule has 1 rings (SSSR count). The van der Waals surface area contributed by atoms with Gasteiger partial charge in [-0.2, -0.15) is 0 Å². The van der Waals surface area contributed by atoms with Crippen LogP contribution in [0.15, 0.2) is 18.2 Å². The third-order valence-corrected chi connectivity index (χ3v) is 5.27. The zero-order valence-electron chi connectivity index (χ0n) is 13.3. The Balaban J connectivity index is 2.85. The highest BCUT2D eigenvalue weighted by molar-refractivity contribution is 7.91. The molecule has 0 saturated carbocycles. The Labute approximate surface area is 127 Å². The van der Waals surface area contributed by atoms with Crippen molar-refractivity contribution in [3.63, 3.8) is 0 Å². The standard InChI is InChI=1S/C15H25NO4S/c1-6-21(17,18)10-11(2)16-12(3)14-9-13(19-4)7-8-15(14)20-5/h7-9,11-12,16H,6,10H2,1-5H3. The monoisotopic (exact) mass is 315 g/mol. The molecule has 2 atom stereocenters. The lowest BCUT2D eigenvalue weighted by atomic mass is 10.1. The fourth-order valence-electron chi connectivity index (χ4n) is 2.24. The quantitative estimate of drug-likeness (QED) is 0.796. The van der Waals surface area contributed by atoms with Crippen LogP contribution in [-0.4, -0.2) is 40.2 Å². The maximum atomic E-state index is 11.7. The van der Waals surface area contributed by atoms with Gasteiger partial charge >= 0.3 is 0 Å². The Morgan fingerprint density at radius 2 is 1.86 bits per heavy atom. The first-order valence-corrected chi connectivity index (χ1v) is 8.83. The SMILES string of the molecule is CCS(=O)(=O)CC(C)NC(C)c1cc(OC)ccc1OC. The van der Waals surface area contributed by atoms with Crippen molar-refractivity contribution in [2.24, 2.45) is 0 Å². The van der Waals surface area contributed by atoms with Crippen LogP contribution in [0.2, 0.25) is 0 Å². The summed E-state index contributed by atoms with van der Waals surface area (Å²) >= 11 is 0. The second kappa shape index (κ2) is 7.66. The lowest BCUT2D eigenvalue weighted by molar-refractivity contribution is 0.388. The molecule has 0 aliphatic carbocycles. The van der Waals surface area contributed by atoms with E-state index in [4.69, 9.17) is 9.47 Å². The predicted molar refractivity (Wildman–Crippen MR) is 84.9 cm³/mol. The average Bonchev–Trinajstić information content (AvgIpc) is 2.45. The number of rotatable bonds is 8. The molecular weight excluding hydrogens is 290 g/mol. The summed E-state index contributed by atoms with van der Waals surface area (Å²) in [5.41, 5.74) is 0.942. The third kappa shape index (κ3) is 5.21. The Bertz CT molecular complexity index is 557. The number of sulfone groups is 1. The topological polar surface area (TPSA) is 64.6 Å². The van der Waals surface area contributed by atoms with E-state index < -0.39 is 9.84 Å². The average molecular weight is 315 g/mol. The number of hydrogen-bond donors (Lipinski definition) is 1. The van der Waals surface area contributed by atoms with Crippen molar-refractivity contribution < 1.29 is 17.9 Å². The Hall–Kier alpha value is -1.27. The van der Waals surface area contributed by atoms with Gasteiger partial charge in [-0.15, -0.1) is 0 Å². The van der Waals surface area contributed by atoms with Crippen LogP contribution in [0.3, 0.4) is 0 Å². The zero-order valence-corrected chi connectivity index (χ0v) is 14.2. The second-order valence-corrected chi connectivity index (χ2v) is 7.49. The van der Waals surface area contributed by atoms with Gasteiger partial charge in [0.15, 0.2) is 9.84 Å². The van der Waals surface area contributed by atoms with Crippen LogP contribution in [0, 0.1) is 0 Å². The van der Waals surface area contributed by atoms with Gasteiger partial charge < -0.3 is 14.8 Å². The fraction of sp³-hybridized carbons (Fsp3) is 0.600. The van der Waals surface area contributed by atoms with Gasteiger partial charge in [0.2, 0.25) is 0 Å². The number of hydrogen-bond acceptors (Lipinski definition) is 5. The minimum Gasteiger partial charge on any atom is -0.497 e. The summed E-state index contributed by atoms with van der Waals surface area (Å²) in [5.74, 6) is 1.78. The van der Waals surface area contributed by atoms with E-state index in [1.165, 1.54) is 0 Å². The molecule has 0 saturated heterocycles. The van der Waals surface area contributed by atoms with Crippen molar-refractivity contribution in [3.05, 3.63) is 23.8 Å². The van der Waals surface area contributed by atoms with E-state index in [0.29, 0.717) is 0 Å². The molecule has 5 nitrogen and oxygen atoms in total. The van der Waals surface area contributed by atoms with E-state index in [1.54, 1.807) is 21.1 Å². The van der Waals surface area contributed by atoms with Crippen LogP contribution in [0.5, 0.6) is 11.5 Å². The Kier molecular flexibility index (Phi) is 6.48. The lowest BCUT2D eigenvalue weighted by Crippen LogP contribution is -2.35. The molecule has 2 unspecified atom stereocenters. The highest BCUT2D eigenvalue weighted by atomic mass is 32.2. The molecule has 1 N–H and O–H groups in total. The Morgan fingerprint density at radius 1 is 1.19 bits per heavy atom. The highest BCUT2D eigenvalue weighted by Gasteiger charge is 2.18. The van der Waals surface area contributed by atoms with Crippen LogP contribution in [0.1, 0.15) is 32.4 Å². The molecule has 120 valence electrons. The van der Waals surface area contributed by atoms with E-state index in [0.717, 1.165) is 17.1 Å². The van der Waals surface area contributed by atoms with Crippen LogP contribution in [-0.2, 0) is 9.84 Å². The van der Waals surface area contributed by atoms with Gasteiger partial charge in [-0.3, -0.25) is 0 Å². The second-order valence-electron chi connectivity index (χ2n) is 5.10. The lowest BCUT2D eigenvalue weighted by Gasteiger charge is -2.22. The normalized spacial score (nSPS) is 14.5. The van der Waals surface area contributed by atoms with Crippen molar-refractivity contribution in [3.8, 4) is 11.5 Å². The van der Waals surface area contributed by atoms with Gasteiger partial charge in [0, 0.05) is 23.4 Å². The first-order valence-electron chi connectivity index (χ1n) is 7.01. The van der Waals surface area contributed by atoms with Crippen LogP contribution in [0.4, 0.5) is 0 Å². The summed E-state index contributed by atoms with van der Waals surface area (Å²) in [6.45, 7) is 5.51. The van der Waals surface area contributed by atoms with Crippen LogP contribution < -0.4 is 14.8 Å². The summed E-state index contributed by atoms with van der Waals surface area (Å²) in [6, 6.07) is 5.40. The van der Waals surface area contributed by atoms with Gasteiger partial charge in [0.25, 0.3) is 0 Å². The summed E-state index contributed by atoms with van der Waals surface area (Å²) in [5, 5.41) is 3.30. The number of benzene rings is 1. The first kappa shape index (κ1) is 17.8. The molecule has 0 fully saturated rings. The van der Waals surface area contributed by atoms with E-state index in [1.807, 2.05) is 32.0 Å². The molecule has 1 aromatic carbocycles. The zero-order chi connectivity index (χ0) is 16.0. The maximum absolute atomic E-state index is 11.7. The van der Waals surface area contributed by atoms with E-state index >= 15 is 0 Å². The van der Waals surface area contributed by atoms with Gasteiger partial charge in [-0.05, 0) is 32.0 Å². The summed E-state index contributed by atoms with van der Waals surface area (Å²) in [6.07, 6.45) is 0. The van der Waals surface area contributed by atoms with Gasteiger partial charge in [0.05, 0.1) is 20.0 Å². The summed E-state index contributed by atoms with van der Waals surface area (Å²) < 4.78 is 33.9. The summed E-state index contributed by atoms with van der Waals surface area (Å²) in [4.78, 5) is 0. The molecule has 21 heavy (non-hydrogen) atoms. The van der Waals surface area contributed by atoms with E-state index in [-0.39, 0.29) is 23.6 Å². The highest BCUT2D eigenvalue weighted by Crippen LogP contribution is 2.29. The molecule has 0 aliphatic rings. The number of methoxy groups -OCH3 is 2. The number of nitrogens with one attached hydrogen (secondary N) is 1. The molecule has 0 amide bonds. The molecule has 6 heteroatoms. The minimum absolute atomic E-state index is 0.0443. The fourth-order valence-corrected chi connectivity index (χ4v) is 3.33. The van der Waals surface area contributed by atoms with Gasteiger partial charge in [-0.25, -0.2) is 8.42 Å². The summed E-state index contributed by atoms with van der Waals surface area (Å²) in [7, 11) is 0.232. The minimum atomic E-state index is -2.99. The van der Waals surface area contributed by atoms with Crippen molar-refractivity contribution in [2.45, 2.75) is 32.9 Å². The Morgan fingerprint density at radius 3 is 2.38 bits per heavy atom. The van der Waals surface area contributed by atoms with Crippen molar-refractivity contribution in [1.29, 1.82) is 0 Å².